The van der Waals surface area contributed by atoms with Crippen molar-refractivity contribution in [1.82, 2.24) is 20.0 Å². The quantitative estimate of drug-likeness (QED) is 0.345. The Morgan fingerprint density at radius 1 is 1.13 bits per heavy atom. The molecule has 0 fully saturated rings. The molecule has 0 spiro atoms. The van der Waals surface area contributed by atoms with E-state index in [1.807, 2.05) is 36.5 Å². The van der Waals surface area contributed by atoms with Gasteiger partial charge in [-0.25, -0.2) is 4.98 Å². The first-order valence-electron chi connectivity index (χ1n) is 10.9. The highest BCUT2D eigenvalue weighted by molar-refractivity contribution is 5.41. The van der Waals surface area contributed by atoms with Crippen molar-refractivity contribution in [2.45, 2.75) is 39.2 Å². The Hall–Kier alpha value is -3.08. The lowest BCUT2D eigenvalue weighted by Crippen LogP contribution is -2.23. The summed E-state index contributed by atoms with van der Waals surface area (Å²) in [5.74, 6) is 8.58. The first-order chi connectivity index (χ1) is 15.3. The molecule has 2 aromatic heterocycles. The van der Waals surface area contributed by atoms with Crippen molar-refractivity contribution in [1.29, 1.82) is 0 Å². The molecule has 0 atom stereocenters. The average Bonchev–Trinajstić information content (AvgIpc) is 3.44. The predicted molar refractivity (Wildman–Crippen MR) is 121 cm³/mol. The number of hydrogen-bond donors (Lipinski definition) is 2. The topological polar surface area (TPSA) is 91.1 Å². The van der Waals surface area contributed by atoms with Crippen LogP contribution in [0, 0.1) is 11.8 Å². The maximum absolute atomic E-state index is 5.80. The van der Waals surface area contributed by atoms with Crippen molar-refractivity contribution in [2.24, 2.45) is 5.73 Å². The number of ether oxygens (including phenoxy) is 1. The summed E-state index contributed by atoms with van der Waals surface area (Å²) in [6.45, 7) is 6.02. The van der Waals surface area contributed by atoms with Gasteiger partial charge in [0.05, 0.1) is 13.2 Å². The second kappa shape index (κ2) is 12.6. The highest BCUT2D eigenvalue weighted by atomic mass is 16.5. The SMILES string of the molecule is CCc1nccn1Cc1cc(C#Cc2ccc(OCCCCCNCCN)cc2)on1. The fourth-order valence-corrected chi connectivity index (χ4v) is 3.13. The summed E-state index contributed by atoms with van der Waals surface area (Å²) in [4.78, 5) is 4.32. The van der Waals surface area contributed by atoms with Crippen LogP contribution < -0.4 is 15.8 Å². The van der Waals surface area contributed by atoms with Crippen LogP contribution in [0.3, 0.4) is 0 Å². The molecule has 0 amide bonds. The highest BCUT2D eigenvalue weighted by Crippen LogP contribution is 2.13. The molecule has 0 saturated carbocycles. The van der Waals surface area contributed by atoms with Crippen LogP contribution in [0.1, 0.15) is 49.0 Å². The average molecular weight is 422 g/mol. The number of aryl methyl sites for hydroxylation is 1. The molecule has 7 nitrogen and oxygen atoms in total. The zero-order chi connectivity index (χ0) is 21.7. The van der Waals surface area contributed by atoms with Crippen molar-refractivity contribution in [3.63, 3.8) is 0 Å². The third-order valence-corrected chi connectivity index (χ3v) is 4.78. The lowest BCUT2D eigenvalue weighted by Gasteiger charge is -2.06. The number of imidazole rings is 1. The second-order valence-corrected chi connectivity index (χ2v) is 7.23. The Bertz CT molecular complexity index is 966. The minimum atomic E-state index is 0.550. The van der Waals surface area contributed by atoms with Gasteiger partial charge in [-0.3, -0.25) is 0 Å². The van der Waals surface area contributed by atoms with Gasteiger partial charge in [0.1, 0.15) is 17.3 Å². The molecular weight excluding hydrogens is 390 g/mol. The molecule has 31 heavy (non-hydrogen) atoms. The van der Waals surface area contributed by atoms with Crippen LogP contribution in [0.5, 0.6) is 5.75 Å². The molecule has 0 aliphatic rings. The maximum Gasteiger partial charge on any atom is 0.210 e. The van der Waals surface area contributed by atoms with Crippen LogP contribution in [-0.2, 0) is 13.0 Å². The first kappa shape index (κ1) is 22.6. The molecule has 2 heterocycles. The summed E-state index contributed by atoms with van der Waals surface area (Å²) in [5, 5.41) is 7.40. The van der Waals surface area contributed by atoms with Gasteiger partial charge in [0, 0.05) is 43.5 Å². The van der Waals surface area contributed by atoms with Crippen molar-refractivity contribution in [3.8, 4) is 17.6 Å². The normalized spacial score (nSPS) is 10.6. The van der Waals surface area contributed by atoms with Crippen LogP contribution in [-0.4, -0.2) is 40.9 Å². The third kappa shape index (κ3) is 7.59. The fraction of sp³-hybridized carbons (Fsp3) is 0.417. The van der Waals surface area contributed by atoms with E-state index in [-0.39, 0.29) is 0 Å². The molecule has 1 aromatic carbocycles. The van der Waals surface area contributed by atoms with E-state index in [4.69, 9.17) is 15.0 Å². The van der Waals surface area contributed by atoms with Gasteiger partial charge in [-0.05, 0) is 56.0 Å². The number of nitrogens with zero attached hydrogens (tertiary/aromatic N) is 3. The maximum atomic E-state index is 5.80. The predicted octanol–water partition coefficient (Wildman–Crippen LogP) is 2.98. The van der Waals surface area contributed by atoms with Crippen LogP contribution in [0.25, 0.3) is 0 Å². The highest BCUT2D eigenvalue weighted by Gasteiger charge is 2.06. The number of aromatic nitrogens is 3. The van der Waals surface area contributed by atoms with Gasteiger partial charge >= 0.3 is 0 Å². The van der Waals surface area contributed by atoms with E-state index < -0.39 is 0 Å². The standard InChI is InChI=1S/C24H31N5O2/c1-2-24-27-15-16-29(24)19-21-18-23(31-28-21)11-8-20-6-9-22(10-7-20)30-17-5-3-4-13-26-14-12-25/h6-7,9-10,15-16,18,26H,2-5,12-14,17,19,25H2,1H3. The molecule has 7 heteroatoms. The van der Waals surface area contributed by atoms with Gasteiger partial charge in [-0.2, -0.15) is 0 Å². The molecule has 0 bridgehead atoms. The van der Waals surface area contributed by atoms with Crippen molar-refractivity contribution in [2.75, 3.05) is 26.2 Å². The van der Waals surface area contributed by atoms with E-state index in [0.717, 1.165) is 68.2 Å². The van der Waals surface area contributed by atoms with E-state index in [0.29, 0.717) is 18.8 Å². The number of nitrogens with one attached hydrogen (secondary N) is 1. The molecule has 0 unspecified atom stereocenters. The fourth-order valence-electron chi connectivity index (χ4n) is 3.13. The number of rotatable bonds is 12. The monoisotopic (exact) mass is 421 g/mol. The summed E-state index contributed by atoms with van der Waals surface area (Å²) >= 11 is 0. The summed E-state index contributed by atoms with van der Waals surface area (Å²) in [6, 6.07) is 9.67. The van der Waals surface area contributed by atoms with E-state index in [2.05, 4.69) is 38.8 Å². The summed E-state index contributed by atoms with van der Waals surface area (Å²) < 4.78 is 13.2. The molecule has 0 aliphatic heterocycles. The molecule has 0 radical (unpaired) electrons. The molecular formula is C24H31N5O2. The second-order valence-electron chi connectivity index (χ2n) is 7.23. The number of benzene rings is 1. The van der Waals surface area contributed by atoms with Gasteiger partial charge in [0.25, 0.3) is 0 Å². The molecule has 0 aliphatic carbocycles. The van der Waals surface area contributed by atoms with Crippen LogP contribution in [0.15, 0.2) is 47.2 Å². The van der Waals surface area contributed by atoms with Crippen molar-refractivity contribution >= 4 is 0 Å². The smallest absolute Gasteiger partial charge is 0.210 e. The molecule has 3 rings (SSSR count). The minimum absolute atomic E-state index is 0.550. The Morgan fingerprint density at radius 2 is 2.00 bits per heavy atom. The van der Waals surface area contributed by atoms with E-state index in [1.165, 1.54) is 0 Å². The summed E-state index contributed by atoms with van der Waals surface area (Å²) in [6.07, 6.45) is 7.95. The largest absolute Gasteiger partial charge is 0.494 e. The first-order valence-corrected chi connectivity index (χ1v) is 10.9. The number of nitrogens with two attached hydrogens (primary N) is 1. The van der Waals surface area contributed by atoms with Crippen LogP contribution in [0.4, 0.5) is 0 Å². The lowest BCUT2D eigenvalue weighted by molar-refractivity contribution is 0.305. The van der Waals surface area contributed by atoms with E-state index >= 15 is 0 Å². The number of unbranched alkanes of at least 4 members (excludes halogenated alkanes) is 2. The Balaban J connectivity index is 1.42. The summed E-state index contributed by atoms with van der Waals surface area (Å²) in [5.41, 5.74) is 7.18. The summed E-state index contributed by atoms with van der Waals surface area (Å²) in [7, 11) is 0. The van der Waals surface area contributed by atoms with E-state index in [1.54, 1.807) is 6.20 Å². The van der Waals surface area contributed by atoms with Gasteiger partial charge in [-0.15, -0.1) is 0 Å². The molecule has 164 valence electrons. The lowest BCUT2D eigenvalue weighted by atomic mass is 10.2. The Kier molecular flexibility index (Phi) is 9.17. The molecule has 3 N–H and O–H groups in total. The Morgan fingerprint density at radius 3 is 2.81 bits per heavy atom. The van der Waals surface area contributed by atoms with Crippen molar-refractivity contribution in [3.05, 3.63) is 65.6 Å². The zero-order valence-corrected chi connectivity index (χ0v) is 18.1. The zero-order valence-electron chi connectivity index (χ0n) is 18.1. The minimum Gasteiger partial charge on any atom is -0.494 e. The molecule has 3 aromatic rings. The van der Waals surface area contributed by atoms with Gasteiger partial charge in [-0.1, -0.05) is 18.0 Å². The molecule has 0 saturated heterocycles. The van der Waals surface area contributed by atoms with Gasteiger partial charge < -0.3 is 24.9 Å². The van der Waals surface area contributed by atoms with Crippen LogP contribution in [0.2, 0.25) is 0 Å². The van der Waals surface area contributed by atoms with Crippen LogP contribution >= 0.6 is 0 Å². The van der Waals surface area contributed by atoms with Gasteiger partial charge in [0.2, 0.25) is 5.76 Å². The van der Waals surface area contributed by atoms with Gasteiger partial charge in [0.15, 0.2) is 0 Å². The third-order valence-electron chi connectivity index (χ3n) is 4.78. The van der Waals surface area contributed by atoms with E-state index in [9.17, 15) is 0 Å². The number of hydrogen-bond acceptors (Lipinski definition) is 6. The van der Waals surface area contributed by atoms with Crippen molar-refractivity contribution < 1.29 is 9.26 Å². The Labute approximate surface area is 184 Å².